The van der Waals surface area contributed by atoms with Gasteiger partial charge >= 0.3 is 5.97 Å². The quantitative estimate of drug-likeness (QED) is 0.512. The summed E-state index contributed by atoms with van der Waals surface area (Å²) in [7, 11) is 0. The first-order valence-corrected chi connectivity index (χ1v) is 9.37. The molecule has 1 atom stereocenters. The molecular formula is C22H15ClN2O3. The summed E-state index contributed by atoms with van der Waals surface area (Å²) in [6.07, 6.45) is 1.44. The molecular weight excluding hydrogens is 376 g/mol. The highest BCUT2D eigenvalue weighted by Crippen LogP contribution is 2.41. The summed E-state index contributed by atoms with van der Waals surface area (Å²) in [6.45, 7) is 0. The van der Waals surface area contributed by atoms with Gasteiger partial charge in [0.05, 0.1) is 5.92 Å². The molecule has 28 heavy (non-hydrogen) atoms. The Bertz CT molecular complexity index is 1230. The number of halogens is 1. The highest BCUT2D eigenvalue weighted by atomic mass is 35.5. The number of nitrogens with zero attached hydrogens (tertiary/aromatic N) is 2. The van der Waals surface area contributed by atoms with Crippen LogP contribution >= 0.6 is 11.6 Å². The highest BCUT2D eigenvalue weighted by Gasteiger charge is 2.28. The Labute approximate surface area is 165 Å². The Hall–Kier alpha value is -3.18. The summed E-state index contributed by atoms with van der Waals surface area (Å²) >= 11 is 6.58. The van der Waals surface area contributed by atoms with E-state index in [0.29, 0.717) is 22.5 Å². The van der Waals surface area contributed by atoms with E-state index in [1.165, 1.54) is 0 Å². The minimum absolute atomic E-state index is 0.449. The monoisotopic (exact) mass is 390 g/mol. The minimum atomic E-state index is -0.772. The summed E-state index contributed by atoms with van der Waals surface area (Å²) in [4.78, 5) is 11.6. The van der Waals surface area contributed by atoms with Crippen molar-refractivity contribution in [1.29, 1.82) is 0 Å². The highest BCUT2D eigenvalue weighted by molar-refractivity contribution is 6.34. The van der Waals surface area contributed by atoms with Crippen LogP contribution in [0, 0.1) is 0 Å². The number of aliphatic carboxylic acids is 1. The van der Waals surface area contributed by atoms with Crippen molar-refractivity contribution in [2.24, 2.45) is 0 Å². The van der Waals surface area contributed by atoms with E-state index in [1.807, 2.05) is 54.6 Å². The zero-order valence-corrected chi connectivity index (χ0v) is 15.5. The molecule has 0 aliphatic heterocycles. The van der Waals surface area contributed by atoms with Crippen LogP contribution in [0.3, 0.4) is 0 Å². The number of fused-ring (bicyclic) bond motifs is 2. The van der Waals surface area contributed by atoms with Gasteiger partial charge in [0.25, 0.3) is 0 Å². The van der Waals surface area contributed by atoms with E-state index >= 15 is 0 Å². The molecule has 1 N–H and O–H groups in total. The fourth-order valence-electron chi connectivity index (χ4n) is 4.02. The number of carboxylic acid groups (broad SMARTS) is 1. The lowest BCUT2D eigenvalue weighted by Gasteiger charge is -2.14. The van der Waals surface area contributed by atoms with Crippen LogP contribution in [-0.2, 0) is 11.2 Å². The molecule has 1 heterocycles. The lowest BCUT2D eigenvalue weighted by atomic mass is 9.91. The second kappa shape index (κ2) is 6.46. The van der Waals surface area contributed by atoms with Crippen LogP contribution in [0.5, 0.6) is 0 Å². The van der Waals surface area contributed by atoms with Gasteiger partial charge in [-0.2, -0.15) is 0 Å². The number of rotatable bonds is 3. The molecule has 0 fully saturated rings. The lowest BCUT2D eigenvalue weighted by Crippen LogP contribution is -2.07. The molecule has 3 aromatic carbocycles. The number of aryl methyl sites for hydroxylation is 1. The van der Waals surface area contributed by atoms with E-state index in [0.717, 1.165) is 39.8 Å². The van der Waals surface area contributed by atoms with Crippen LogP contribution in [-0.4, -0.2) is 21.4 Å². The molecule has 5 nitrogen and oxygen atoms in total. The molecule has 4 aromatic rings. The Morgan fingerprint density at radius 1 is 1.04 bits per heavy atom. The summed E-state index contributed by atoms with van der Waals surface area (Å²) in [5.41, 5.74) is 7.01. The minimum Gasteiger partial charge on any atom is -0.481 e. The number of carbonyl (C=O) groups is 1. The van der Waals surface area contributed by atoms with Crippen molar-refractivity contribution in [3.05, 3.63) is 70.7 Å². The Kier molecular flexibility index (Phi) is 3.91. The number of carboxylic acids is 1. The standard InChI is InChI=1S/C22H15ClN2O3/c23-18-3-1-2-15(21(18)14-7-9-19-20(11-14)25-28-24-19)13-5-4-12-6-8-16(22(26)27)17(12)10-13/h1-5,7,9-11,16H,6,8H2,(H,26,27). The second-order valence-electron chi connectivity index (χ2n) is 6.97. The Morgan fingerprint density at radius 3 is 2.71 bits per heavy atom. The SMILES string of the molecule is O=C(O)C1CCc2ccc(-c3cccc(Cl)c3-c3ccc4nonc4c3)cc21. The molecule has 1 unspecified atom stereocenters. The lowest BCUT2D eigenvalue weighted by molar-refractivity contribution is -0.138. The molecule has 0 radical (unpaired) electrons. The van der Waals surface area contributed by atoms with Crippen LogP contribution in [0.4, 0.5) is 0 Å². The van der Waals surface area contributed by atoms with Gasteiger partial charge in [0.2, 0.25) is 0 Å². The number of aromatic nitrogens is 2. The van der Waals surface area contributed by atoms with Crippen molar-refractivity contribution in [1.82, 2.24) is 10.3 Å². The van der Waals surface area contributed by atoms with E-state index in [-0.39, 0.29) is 0 Å². The van der Waals surface area contributed by atoms with Crippen LogP contribution in [0.2, 0.25) is 5.02 Å². The number of hydrogen-bond acceptors (Lipinski definition) is 4. The molecule has 5 rings (SSSR count). The third kappa shape index (κ3) is 2.67. The first-order chi connectivity index (χ1) is 13.6. The smallest absolute Gasteiger partial charge is 0.310 e. The zero-order chi connectivity index (χ0) is 19.3. The Balaban J connectivity index is 1.69. The van der Waals surface area contributed by atoms with E-state index < -0.39 is 11.9 Å². The molecule has 1 aliphatic carbocycles. The van der Waals surface area contributed by atoms with Gasteiger partial charge in [0.15, 0.2) is 0 Å². The van der Waals surface area contributed by atoms with Gasteiger partial charge in [-0.15, -0.1) is 0 Å². The predicted octanol–water partition coefficient (Wildman–Crippen LogP) is 5.32. The summed E-state index contributed by atoms with van der Waals surface area (Å²) < 4.78 is 4.80. The third-order valence-corrected chi connectivity index (χ3v) is 5.70. The van der Waals surface area contributed by atoms with E-state index in [4.69, 9.17) is 16.2 Å². The predicted molar refractivity (Wildman–Crippen MR) is 106 cm³/mol. The van der Waals surface area contributed by atoms with E-state index in [1.54, 1.807) is 0 Å². The maximum atomic E-state index is 11.6. The van der Waals surface area contributed by atoms with Crippen molar-refractivity contribution < 1.29 is 14.5 Å². The molecule has 138 valence electrons. The van der Waals surface area contributed by atoms with Crippen LogP contribution in [0.25, 0.3) is 33.3 Å². The van der Waals surface area contributed by atoms with Crippen LogP contribution in [0.15, 0.2) is 59.2 Å². The van der Waals surface area contributed by atoms with Crippen molar-refractivity contribution in [2.75, 3.05) is 0 Å². The van der Waals surface area contributed by atoms with Gasteiger partial charge in [0, 0.05) is 10.6 Å². The van der Waals surface area contributed by atoms with Crippen molar-refractivity contribution in [3.8, 4) is 22.3 Å². The molecule has 0 saturated heterocycles. The molecule has 0 saturated carbocycles. The van der Waals surface area contributed by atoms with E-state index in [9.17, 15) is 9.90 Å². The zero-order valence-electron chi connectivity index (χ0n) is 14.7. The first kappa shape index (κ1) is 17.0. The fourth-order valence-corrected chi connectivity index (χ4v) is 4.31. The number of benzene rings is 3. The van der Waals surface area contributed by atoms with Gasteiger partial charge in [-0.25, -0.2) is 4.63 Å². The van der Waals surface area contributed by atoms with Crippen LogP contribution < -0.4 is 0 Å². The average Bonchev–Trinajstić information content (AvgIpc) is 3.33. The van der Waals surface area contributed by atoms with Crippen molar-refractivity contribution in [2.45, 2.75) is 18.8 Å². The first-order valence-electron chi connectivity index (χ1n) is 8.99. The summed E-state index contributed by atoms with van der Waals surface area (Å²) in [6, 6.07) is 17.5. The fraction of sp³-hybridized carbons (Fsp3) is 0.136. The Morgan fingerprint density at radius 2 is 1.86 bits per heavy atom. The van der Waals surface area contributed by atoms with E-state index in [2.05, 4.69) is 10.3 Å². The molecule has 1 aliphatic rings. The maximum Gasteiger partial charge on any atom is 0.310 e. The van der Waals surface area contributed by atoms with Crippen molar-refractivity contribution in [3.63, 3.8) is 0 Å². The van der Waals surface area contributed by atoms with Crippen LogP contribution in [0.1, 0.15) is 23.5 Å². The summed E-state index contributed by atoms with van der Waals surface area (Å²) in [5, 5.41) is 17.9. The van der Waals surface area contributed by atoms with Gasteiger partial charge in [-0.3, -0.25) is 4.79 Å². The molecule has 0 bridgehead atoms. The molecule has 6 heteroatoms. The molecule has 1 aromatic heterocycles. The van der Waals surface area contributed by atoms with Gasteiger partial charge in [0.1, 0.15) is 11.0 Å². The maximum absolute atomic E-state index is 11.6. The van der Waals surface area contributed by atoms with Crippen molar-refractivity contribution >= 4 is 28.6 Å². The number of hydrogen-bond donors (Lipinski definition) is 1. The average molecular weight is 391 g/mol. The van der Waals surface area contributed by atoms with Gasteiger partial charge in [-0.05, 0) is 75.2 Å². The topological polar surface area (TPSA) is 76.2 Å². The third-order valence-electron chi connectivity index (χ3n) is 5.39. The largest absolute Gasteiger partial charge is 0.481 e. The summed E-state index contributed by atoms with van der Waals surface area (Å²) in [5.74, 6) is -1.22. The van der Waals surface area contributed by atoms with Gasteiger partial charge in [-0.1, -0.05) is 41.9 Å². The second-order valence-corrected chi connectivity index (χ2v) is 7.38. The molecule has 0 amide bonds. The van der Waals surface area contributed by atoms with Gasteiger partial charge < -0.3 is 5.11 Å². The normalized spacial score (nSPS) is 15.7. The molecule has 0 spiro atoms.